The van der Waals surface area contributed by atoms with E-state index in [1.54, 1.807) is 30.3 Å². The molecule has 0 bridgehead atoms. The molecule has 9 nitrogen and oxygen atoms in total. The van der Waals surface area contributed by atoms with Crippen LogP contribution in [0.2, 0.25) is 5.02 Å². The van der Waals surface area contributed by atoms with Crippen molar-refractivity contribution >= 4 is 39.0 Å². The predicted molar refractivity (Wildman–Crippen MR) is 154 cm³/mol. The number of carbonyl (C=O) groups excluding carboxylic acids is 3. The second-order valence-corrected chi connectivity index (χ2v) is 14.5. The quantitative estimate of drug-likeness (QED) is 0.157. The number of hydrogen-bond donors (Lipinski definition) is 1. The molecule has 1 aromatic heterocycles. The van der Waals surface area contributed by atoms with Crippen LogP contribution in [0, 0.1) is 11.3 Å². The second-order valence-electron chi connectivity index (χ2n) is 11.1. The van der Waals surface area contributed by atoms with Gasteiger partial charge in [-0.05, 0) is 0 Å². The number of carbonyl (C=O) groups is 3. The summed E-state index contributed by atoms with van der Waals surface area (Å²) in [4.78, 5) is 52.6. The number of benzene rings is 2. The van der Waals surface area contributed by atoms with E-state index in [4.69, 9.17) is 11.6 Å². The van der Waals surface area contributed by atoms with Crippen molar-refractivity contribution in [2.75, 3.05) is 9.80 Å². The first-order chi connectivity index (χ1) is 21.1. The van der Waals surface area contributed by atoms with Crippen molar-refractivity contribution in [2.45, 2.75) is 66.5 Å². The van der Waals surface area contributed by atoms with Crippen LogP contribution in [0.3, 0.4) is 0 Å². The Morgan fingerprint density at radius 2 is 1.91 bits per heavy atom. The van der Waals surface area contributed by atoms with Gasteiger partial charge in [-0.25, -0.2) is 0 Å². The SMILES string of the molecule is N#Cc1ccnc(N2C(=O)CC[C@H]2[I-]C(=O)N(c2cccc(C3CC3)c2)[C@H](C(=O)NC2CC(F)(F)C2)c2ccccc2Cl)n1. The van der Waals surface area contributed by atoms with Gasteiger partial charge in [0.25, 0.3) is 0 Å². The third-order valence-electron chi connectivity index (χ3n) is 7.87. The molecule has 2 aliphatic carbocycles. The zero-order chi connectivity index (χ0) is 31.0. The maximum absolute atomic E-state index is 14.5. The summed E-state index contributed by atoms with van der Waals surface area (Å²) in [7, 11) is 0. The molecule has 2 heterocycles. The van der Waals surface area contributed by atoms with E-state index in [9.17, 15) is 28.4 Å². The first-order valence-electron chi connectivity index (χ1n) is 14.2. The number of anilines is 2. The summed E-state index contributed by atoms with van der Waals surface area (Å²) >= 11 is 5.09. The number of alkyl halides is 3. The molecular formula is C31H27ClF2IN6O3-. The Morgan fingerprint density at radius 3 is 2.61 bits per heavy atom. The number of hydrogen-bond acceptors (Lipinski definition) is 6. The molecule has 0 spiro atoms. The van der Waals surface area contributed by atoms with Crippen LogP contribution in [0.15, 0.2) is 60.8 Å². The van der Waals surface area contributed by atoms with E-state index in [1.807, 2.05) is 24.3 Å². The molecule has 3 aromatic rings. The summed E-state index contributed by atoms with van der Waals surface area (Å²) in [5, 5.41) is 12.3. The Hall–Kier alpha value is -3.70. The average molecular weight is 732 g/mol. The van der Waals surface area contributed by atoms with Crippen LogP contribution >= 0.6 is 11.6 Å². The molecule has 13 heteroatoms. The van der Waals surface area contributed by atoms with Crippen LogP contribution in [0.5, 0.6) is 0 Å². The standard InChI is InChI=1S/C31H27ClF2IN6O3/c32-24-7-2-1-6-23(24)27(28(43)38-21-15-31(33,34)16-21)40(22-5-3-4-19(14-22)18-8-9-18)29(44)35-25-10-11-26(42)41(25)30-37-13-12-20(17-36)39-30/h1-7,12-14,18,21,25,27H,8-11,15-16H2,(H,38,43)/q-1/t25-,27-/m0/s1. The molecule has 6 rings (SSSR count). The molecule has 3 amide bonds. The second kappa shape index (κ2) is 12.4. The predicted octanol–water partition coefficient (Wildman–Crippen LogP) is 2.70. The maximum atomic E-state index is 14.5. The third kappa shape index (κ3) is 6.39. The van der Waals surface area contributed by atoms with Gasteiger partial charge in [-0.1, -0.05) is 0 Å². The molecule has 2 atom stereocenters. The van der Waals surface area contributed by atoms with Gasteiger partial charge in [0.2, 0.25) is 0 Å². The number of nitrogens with one attached hydrogen (secondary N) is 1. The van der Waals surface area contributed by atoms with E-state index >= 15 is 0 Å². The van der Waals surface area contributed by atoms with Crippen molar-refractivity contribution in [3.8, 4) is 6.07 Å². The van der Waals surface area contributed by atoms with Crippen LogP contribution < -0.4 is 36.3 Å². The van der Waals surface area contributed by atoms with Gasteiger partial charge in [0.05, 0.1) is 0 Å². The van der Waals surface area contributed by atoms with E-state index in [-0.39, 0.29) is 32.9 Å². The third-order valence-corrected chi connectivity index (χ3v) is 11.2. The molecule has 2 aromatic carbocycles. The molecule has 0 unspecified atom stereocenters. The van der Waals surface area contributed by atoms with Gasteiger partial charge in [0, 0.05) is 0 Å². The van der Waals surface area contributed by atoms with E-state index < -0.39 is 62.0 Å². The van der Waals surface area contributed by atoms with Crippen molar-refractivity contribution < 1.29 is 44.4 Å². The molecule has 2 saturated carbocycles. The van der Waals surface area contributed by atoms with E-state index in [0.29, 0.717) is 23.6 Å². The zero-order valence-electron chi connectivity index (χ0n) is 23.3. The van der Waals surface area contributed by atoms with E-state index in [2.05, 4.69) is 15.3 Å². The summed E-state index contributed by atoms with van der Waals surface area (Å²) in [5.41, 5.74) is 1.97. The van der Waals surface area contributed by atoms with Crippen molar-refractivity contribution in [3.63, 3.8) is 0 Å². The Bertz CT molecular complexity index is 1660. The number of nitrogens with zero attached hydrogens (tertiary/aromatic N) is 5. The van der Waals surface area contributed by atoms with Crippen molar-refractivity contribution in [2.24, 2.45) is 0 Å². The molecule has 3 fully saturated rings. The van der Waals surface area contributed by atoms with Gasteiger partial charge in [0.1, 0.15) is 0 Å². The van der Waals surface area contributed by atoms with Gasteiger partial charge in [-0.2, -0.15) is 0 Å². The van der Waals surface area contributed by atoms with Gasteiger partial charge >= 0.3 is 269 Å². The van der Waals surface area contributed by atoms with Crippen LogP contribution in [-0.2, 0) is 9.59 Å². The fourth-order valence-corrected chi connectivity index (χ4v) is 8.68. The molecule has 1 saturated heterocycles. The Labute approximate surface area is 267 Å². The van der Waals surface area contributed by atoms with Crippen molar-refractivity contribution in [1.82, 2.24) is 15.3 Å². The summed E-state index contributed by atoms with van der Waals surface area (Å²) < 4.78 is 26.5. The minimum absolute atomic E-state index is 0.0534. The van der Waals surface area contributed by atoms with Crippen LogP contribution in [0.1, 0.15) is 67.3 Å². The van der Waals surface area contributed by atoms with Crippen LogP contribution in [0.4, 0.5) is 25.2 Å². The van der Waals surface area contributed by atoms with Crippen LogP contribution in [0.25, 0.3) is 0 Å². The minimum atomic E-state index is -2.85. The number of halogens is 4. The van der Waals surface area contributed by atoms with Gasteiger partial charge in [0.15, 0.2) is 0 Å². The molecule has 3 aliphatic rings. The number of rotatable bonds is 9. The first kappa shape index (κ1) is 30.3. The summed E-state index contributed by atoms with van der Waals surface area (Å²) in [6.45, 7) is 0. The topological polar surface area (TPSA) is 119 Å². The number of amides is 3. The van der Waals surface area contributed by atoms with Gasteiger partial charge < -0.3 is 0 Å². The number of aromatic nitrogens is 2. The fraction of sp³-hybridized carbons (Fsp3) is 0.355. The molecule has 1 aliphatic heterocycles. The van der Waals surface area contributed by atoms with Gasteiger partial charge in [-0.15, -0.1) is 0 Å². The summed E-state index contributed by atoms with van der Waals surface area (Å²) in [6, 6.07) is 15.5. The zero-order valence-corrected chi connectivity index (χ0v) is 26.2. The summed E-state index contributed by atoms with van der Waals surface area (Å²) in [6.07, 6.45) is 3.04. The molecule has 0 radical (unpaired) electrons. The van der Waals surface area contributed by atoms with Gasteiger partial charge in [-0.3, -0.25) is 0 Å². The Morgan fingerprint density at radius 1 is 1.14 bits per heavy atom. The van der Waals surface area contributed by atoms with Crippen LogP contribution in [-0.4, -0.2) is 41.7 Å². The first-order valence-corrected chi connectivity index (χ1v) is 16.9. The van der Waals surface area contributed by atoms with Crippen molar-refractivity contribution in [1.29, 1.82) is 5.26 Å². The molecule has 44 heavy (non-hydrogen) atoms. The molecule has 1 N–H and O–H groups in total. The van der Waals surface area contributed by atoms with E-state index in [1.165, 1.54) is 22.1 Å². The normalized spacial score (nSPS) is 20.1. The van der Waals surface area contributed by atoms with Crippen molar-refractivity contribution in [3.05, 3.63) is 82.6 Å². The summed E-state index contributed by atoms with van der Waals surface area (Å²) in [5.74, 6) is -3.30. The molecular weight excluding hydrogens is 705 g/mol. The number of nitriles is 1. The fourth-order valence-electron chi connectivity index (χ4n) is 5.51. The Kier molecular flexibility index (Phi) is 8.52. The van der Waals surface area contributed by atoms with E-state index in [0.717, 1.165) is 18.4 Å². The average Bonchev–Trinajstić information content (AvgIpc) is 3.78. The monoisotopic (exact) mass is 731 g/mol. The Balaban J connectivity index is 1.38. The molecule has 228 valence electrons.